The maximum atomic E-state index is 14.6. The highest BCUT2D eigenvalue weighted by atomic mass is 16.1. The van der Waals surface area contributed by atoms with Crippen molar-refractivity contribution in [3.8, 4) is 22.4 Å². The lowest BCUT2D eigenvalue weighted by molar-refractivity contribution is 0.919. The summed E-state index contributed by atoms with van der Waals surface area (Å²) in [6.07, 6.45) is 6.47. The number of fused-ring (bicyclic) bond motifs is 4. The number of nitrogens with zero attached hydrogens (tertiary/aromatic N) is 2. The molecule has 8 rings (SSSR count). The summed E-state index contributed by atoms with van der Waals surface area (Å²) in [5.74, 6) is 0. The second kappa shape index (κ2) is 9.85. The Balaban J connectivity index is 1.67. The van der Waals surface area contributed by atoms with Gasteiger partial charge >= 0.3 is 0 Å². The second-order valence-corrected chi connectivity index (χ2v) is 11.2. The van der Waals surface area contributed by atoms with Gasteiger partial charge in [0, 0.05) is 33.0 Å². The quantitative estimate of drug-likeness (QED) is 0.202. The van der Waals surface area contributed by atoms with E-state index in [0.29, 0.717) is 0 Å². The molecule has 0 bridgehead atoms. The first-order valence-corrected chi connectivity index (χ1v) is 14.9. The van der Waals surface area contributed by atoms with Crippen LogP contribution < -0.4 is 10.5 Å². The Bertz CT molecular complexity index is 2260. The van der Waals surface area contributed by atoms with Crippen LogP contribution in [0.5, 0.6) is 0 Å². The lowest BCUT2D eigenvalue weighted by Crippen LogP contribution is -2.24. The Kier molecular flexibility index (Phi) is 5.80. The third-order valence-electron chi connectivity index (χ3n) is 8.86. The Morgan fingerprint density at radius 3 is 1.98 bits per heavy atom. The summed E-state index contributed by atoms with van der Waals surface area (Å²) in [5.41, 5.74) is 9.88. The minimum absolute atomic E-state index is 0.0103. The highest BCUT2D eigenvalue weighted by Gasteiger charge is 2.37. The van der Waals surface area contributed by atoms with Gasteiger partial charge in [0.25, 0.3) is 5.56 Å². The predicted octanol–water partition coefficient (Wildman–Crippen LogP) is 9.88. The van der Waals surface area contributed by atoms with E-state index in [9.17, 15) is 4.79 Å². The van der Waals surface area contributed by atoms with Crippen LogP contribution in [0.25, 0.3) is 55.0 Å². The zero-order valence-electron chi connectivity index (χ0n) is 24.2. The normalized spacial score (nSPS) is 15.9. The van der Waals surface area contributed by atoms with Crippen LogP contribution in [0.4, 0.5) is 11.4 Å². The highest BCUT2D eigenvalue weighted by Crippen LogP contribution is 2.54. The van der Waals surface area contributed by atoms with Gasteiger partial charge in [-0.1, -0.05) is 115 Å². The van der Waals surface area contributed by atoms with Gasteiger partial charge in [-0.3, -0.25) is 9.20 Å². The number of aromatic nitrogens is 1. The van der Waals surface area contributed by atoms with Crippen molar-refractivity contribution in [2.75, 3.05) is 4.90 Å². The molecule has 0 saturated heterocycles. The molecule has 1 unspecified atom stereocenters. The van der Waals surface area contributed by atoms with Crippen LogP contribution >= 0.6 is 0 Å². The van der Waals surface area contributed by atoms with Crippen LogP contribution in [0.2, 0.25) is 0 Å². The van der Waals surface area contributed by atoms with Crippen molar-refractivity contribution in [2.24, 2.45) is 0 Å². The van der Waals surface area contributed by atoms with Crippen molar-refractivity contribution in [3.05, 3.63) is 155 Å². The van der Waals surface area contributed by atoms with Gasteiger partial charge in [0.15, 0.2) is 0 Å². The summed E-state index contributed by atoms with van der Waals surface area (Å²) in [6, 6.07) is 42.0. The number of para-hydroxylation sites is 1. The van der Waals surface area contributed by atoms with E-state index in [4.69, 9.17) is 0 Å². The zero-order chi connectivity index (χ0) is 29.1. The Morgan fingerprint density at radius 2 is 1.30 bits per heavy atom. The molecular formula is C40H30N2O. The Labute approximate surface area is 250 Å². The minimum Gasteiger partial charge on any atom is -0.333 e. The third-order valence-corrected chi connectivity index (χ3v) is 8.86. The third kappa shape index (κ3) is 3.65. The fourth-order valence-corrected chi connectivity index (χ4v) is 7.07. The van der Waals surface area contributed by atoms with Crippen LogP contribution in [0.3, 0.4) is 0 Å². The number of anilines is 2. The Hall–Kier alpha value is -5.41. The fourth-order valence-electron chi connectivity index (χ4n) is 7.07. The smallest absolute Gasteiger partial charge is 0.263 e. The summed E-state index contributed by atoms with van der Waals surface area (Å²) in [6.45, 7) is 4.34. The van der Waals surface area contributed by atoms with Gasteiger partial charge in [-0.05, 0) is 60.2 Å². The van der Waals surface area contributed by atoms with Crippen molar-refractivity contribution in [2.45, 2.75) is 19.9 Å². The van der Waals surface area contributed by atoms with Gasteiger partial charge < -0.3 is 4.90 Å². The van der Waals surface area contributed by atoms with Crippen molar-refractivity contribution in [3.63, 3.8) is 0 Å². The van der Waals surface area contributed by atoms with Crippen molar-refractivity contribution >= 4 is 44.0 Å². The van der Waals surface area contributed by atoms with E-state index < -0.39 is 0 Å². The monoisotopic (exact) mass is 554 g/mol. The molecule has 0 spiro atoms. The molecule has 3 heterocycles. The summed E-state index contributed by atoms with van der Waals surface area (Å²) in [7, 11) is 0. The van der Waals surface area contributed by atoms with Gasteiger partial charge in [0.2, 0.25) is 0 Å². The molecule has 43 heavy (non-hydrogen) atoms. The summed E-state index contributed by atoms with van der Waals surface area (Å²) in [4.78, 5) is 17.0. The van der Waals surface area contributed by atoms with Crippen molar-refractivity contribution in [1.82, 2.24) is 4.40 Å². The van der Waals surface area contributed by atoms with Gasteiger partial charge in [0.1, 0.15) is 0 Å². The highest BCUT2D eigenvalue weighted by molar-refractivity contribution is 6.25. The first-order chi connectivity index (χ1) is 21.2. The number of rotatable bonds is 4. The van der Waals surface area contributed by atoms with E-state index >= 15 is 0 Å². The van der Waals surface area contributed by atoms with Gasteiger partial charge in [-0.2, -0.15) is 0 Å². The zero-order valence-corrected chi connectivity index (χ0v) is 24.2. The van der Waals surface area contributed by atoms with Gasteiger partial charge in [-0.25, -0.2) is 0 Å². The van der Waals surface area contributed by atoms with Crippen LogP contribution in [0.1, 0.15) is 19.4 Å². The van der Waals surface area contributed by atoms with E-state index in [1.54, 1.807) is 0 Å². The second-order valence-electron chi connectivity index (χ2n) is 11.2. The number of allylic oxidation sites excluding steroid dienone is 3. The fraction of sp³-hybridized carbons (Fsp3) is 0.0750. The van der Waals surface area contributed by atoms with E-state index in [-0.39, 0.29) is 11.6 Å². The summed E-state index contributed by atoms with van der Waals surface area (Å²) >= 11 is 0. The van der Waals surface area contributed by atoms with Gasteiger partial charge in [-0.15, -0.1) is 0 Å². The first-order valence-electron chi connectivity index (χ1n) is 14.9. The molecule has 0 aliphatic carbocycles. The molecule has 1 aliphatic heterocycles. The molecule has 2 aromatic heterocycles. The molecule has 0 radical (unpaired) electrons. The largest absolute Gasteiger partial charge is 0.333 e. The molecule has 1 aliphatic rings. The number of pyridine rings is 1. The molecule has 7 aromatic rings. The molecule has 3 heteroatoms. The van der Waals surface area contributed by atoms with E-state index in [1.165, 1.54) is 11.1 Å². The van der Waals surface area contributed by atoms with Crippen LogP contribution in [-0.4, -0.2) is 10.4 Å². The van der Waals surface area contributed by atoms with Gasteiger partial charge in [0.05, 0.1) is 22.9 Å². The molecule has 0 saturated carbocycles. The predicted molar refractivity (Wildman–Crippen MR) is 182 cm³/mol. The van der Waals surface area contributed by atoms with Crippen LogP contribution in [0.15, 0.2) is 144 Å². The average Bonchev–Trinajstić information content (AvgIpc) is 3.55. The number of hydrogen-bond donors (Lipinski definition) is 0. The standard InChI is InChI=1S/C40H30N2O/c1-3-4-22-30-26(2)41(29-20-12-7-13-21-29)38-33(30)25-34-35(27-16-8-5-9-17-27)37(28-18-10-6-11-19-28)42-39(34)36(38)31-23-14-15-24-32(31)40(42)43/h3-26H,1-2H3/b4-3-,30-22+. The lowest BCUT2D eigenvalue weighted by Gasteiger charge is -2.26. The molecule has 0 fully saturated rings. The molecule has 206 valence electrons. The topological polar surface area (TPSA) is 24.7 Å². The molecule has 0 amide bonds. The molecule has 5 aromatic carbocycles. The van der Waals surface area contributed by atoms with Crippen molar-refractivity contribution < 1.29 is 0 Å². The SMILES string of the molecule is C/C=C\C=C1\c2cc3c(-c4ccccc4)c(-c4ccccc4)n4c(=O)c5ccccc5c(c2N(c2ccccc2)C1C)c34. The molecule has 0 N–H and O–H groups in total. The average molecular weight is 555 g/mol. The lowest BCUT2D eigenvalue weighted by atomic mass is 9.93. The van der Waals surface area contributed by atoms with E-state index in [1.807, 2.05) is 46.9 Å². The molecule has 1 atom stereocenters. The summed E-state index contributed by atoms with van der Waals surface area (Å²) < 4.78 is 1.99. The first kappa shape index (κ1) is 25.3. The number of hydrogen-bond acceptors (Lipinski definition) is 2. The number of benzene rings is 5. The van der Waals surface area contributed by atoms with E-state index in [2.05, 4.69) is 116 Å². The molecular weight excluding hydrogens is 524 g/mol. The van der Waals surface area contributed by atoms with Crippen molar-refractivity contribution in [1.29, 1.82) is 0 Å². The summed E-state index contributed by atoms with van der Waals surface area (Å²) in [5, 5.41) is 3.92. The maximum absolute atomic E-state index is 14.6. The van der Waals surface area contributed by atoms with Crippen LogP contribution in [0, 0.1) is 0 Å². The van der Waals surface area contributed by atoms with E-state index in [0.717, 1.165) is 60.8 Å². The van der Waals surface area contributed by atoms with Crippen LogP contribution in [-0.2, 0) is 0 Å². The maximum Gasteiger partial charge on any atom is 0.263 e. The minimum atomic E-state index is 0.0103. The molecule has 3 nitrogen and oxygen atoms in total. The Morgan fingerprint density at radius 1 is 0.698 bits per heavy atom.